The maximum absolute atomic E-state index is 12.5. The lowest BCUT2D eigenvalue weighted by molar-refractivity contribution is -0.114. The molecule has 1 aliphatic rings. The number of halogens is 1. The van der Waals surface area contributed by atoms with Crippen molar-refractivity contribution in [1.29, 1.82) is 0 Å². The molecule has 1 aromatic carbocycles. The molecule has 0 saturated carbocycles. The Labute approximate surface area is 160 Å². The van der Waals surface area contributed by atoms with Gasteiger partial charge >= 0.3 is 6.03 Å². The number of anilines is 1. The van der Waals surface area contributed by atoms with Crippen LogP contribution in [0.1, 0.15) is 13.8 Å². The molecule has 1 heterocycles. The van der Waals surface area contributed by atoms with E-state index < -0.39 is 28.3 Å². The van der Waals surface area contributed by atoms with Crippen molar-refractivity contribution in [3.63, 3.8) is 0 Å². The molecular formula is C14H17ClN6O5S. The average Bonchev–Trinajstić information content (AvgIpc) is 2.57. The fraction of sp³-hybridized carbons (Fsp3) is 0.286. The number of rotatable bonds is 5. The first-order chi connectivity index (χ1) is 12.6. The number of amides is 3. The van der Waals surface area contributed by atoms with E-state index in [9.17, 15) is 18.0 Å². The van der Waals surface area contributed by atoms with Crippen molar-refractivity contribution in [2.45, 2.75) is 25.1 Å². The topological polar surface area (TPSA) is 142 Å². The Kier molecular flexibility index (Phi) is 6.36. The Bertz CT molecular complexity index is 917. The Hall–Kier alpha value is -2.70. The molecule has 0 fully saturated rings. The van der Waals surface area contributed by atoms with E-state index in [4.69, 9.17) is 16.3 Å². The SMILES string of the molecule is COC1N=C(C)N=CN1NC(=O)NS(=O)(=O)c1cc(NC(C)=O)ccc1Cl. The number of amidine groups is 1. The van der Waals surface area contributed by atoms with Crippen molar-refractivity contribution in [2.75, 3.05) is 12.4 Å². The highest BCUT2D eigenvalue weighted by Gasteiger charge is 2.25. The second-order valence-corrected chi connectivity index (χ2v) is 7.32. The largest absolute Gasteiger partial charge is 0.347 e. The predicted molar refractivity (Wildman–Crippen MR) is 98.8 cm³/mol. The van der Waals surface area contributed by atoms with Gasteiger partial charge in [-0.25, -0.2) is 38.4 Å². The number of methoxy groups -OCH3 is 1. The number of hydrogen-bond donors (Lipinski definition) is 3. The summed E-state index contributed by atoms with van der Waals surface area (Å²) in [5.74, 6) is 0.0340. The first kappa shape index (κ1) is 20.6. The third kappa shape index (κ3) is 5.39. The Morgan fingerprint density at radius 1 is 1.33 bits per heavy atom. The predicted octanol–water partition coefficient (Wildman–Crippen LogP) is 0.894. The lowest BCUT2D eigenvalue weighted by Gasteiger charge is -2.28. The molecular weight excluding hydrogens is 400 g/mol. The number of urea groups is 1. The monoisotopic (exact) mass is 416 g/mol. The number of carbonyl (C=O) groups excluding carboxylic acids is 2. The van der Waals surface area contributed by atoms with Gasteiger partial charge in [0.15, 0.2) is 0 Å². The van der Waals surface area contributed by atoms with Crippen LogP contribution in [0.4, 0.5) is 10.5 Å². The summed E-state index contributed by atoms with van der Waals surface area (Å²) in [7, 11) is -2.97. The summed E-state index contributed by atoms with van der Waals surface area (Å²) in [6.07, 6.45) is 0.329. The van der Waals surface area contributed by atoms with Crippen molar-refractivity contribution in [3.05, 3.63) is 23.2 Å². The van der Waals surface area contributed by atoms with Crippen molar-refractivity contribution in [3.8, 4) is 0 Å². The van der Waals surface area contributed by atoms with Gasteiger partial charge in [0.1, 0.15) is 17.1 Å². The van der Waals surface area contributed by atoms with Crippen LogP contribution in [0.15, 0.2) is 33.1 Å². The van der Waals surface area contributed by atoms with E-state index in [1.165, 1.54) is 32.5 Å². The maximum atomic E-state index is 12.5. The summed E-state index contributed by atoms with van der Waals surface area (Å²) in [5.41, 5.74) is 2.45. The number of benzene rings is 1. The Morgan fingerprint density at radius 3 is 2.67 bits per heavy atom. The van der Waals surface area contributed by atoms with Gasteiger partial charge in [0.2, 0.25) is 12.3 Å². The summed E-state index contributed by atoms with van der Waals surface area (Å²) in [6.45, 7) is 2.90. The lowest BCUT2D eigenvalue weighted by atomic mass is 10.3. The first-order valence-electron chi connectivity index (χ1n) is 7.42. The van der Waals surface area contributed by atoms with E-state index in [-0.39, 0.29) is 15.6 Å². The summed E-state index contributed by atoms with van der Waals surface area (Å²) < 4.78 is 31.8. The molecule has 0 aromatic heterocycles. The minimum absolute atomic E-state index is 0.126. The number of aliphatic imine (C=N–C) groups is 2. The van der Waals surface area contributed by atoms with Crippen LogP contribution in [0.3, 0.4) is 0 Å². The maximum Gasteiger partial charge on any atom is 0.347 e. The lowest BCUT2D eigenvalue weighted by Crippen LogP contribution is -2.53. The molecule has 2 rings (SSSR count). The van der Waals surface area contributed by atoms with Crippen molar-refractivity contribution in [1.82, 2.24) is 15.2 Å². The van der Waals surface area contributed by atoms with Gasteiger partial charge in [-0.2, -0.15) is 0 Å². The molecule has 1 aliphatic heterocycles. The van der Waals surface area contributed by atoms with Gasteiger partial charge in [0.05, 0.1) is 5.02 Å². The third-order valence-electron chi connectivity index (χ3n) is 3.11. The smallest absolute Gasteiger partial charge is 0.341 e. The Morgan fingerprint density at radius 2 is 2.04 bits per heavy atom. The Balaban J connectivity index is 2.15. The summed E-state index contributed by atoms with van der Waals surface area (Å²) in [5, 5.41) is 3.38. The van der Waals surface area contributed by atoms with Gasteiger partial charge in [-0.1, -0.05) is 11.6 Å². The van der Waals surface area contributed by atoms with Crippen LogP contribution in [-0.4, -0.2) is 51.0 Å². The molecule has 11 nitrogen and oxygen atoms in total. The number of sulfonamides is 1. The third-order valence-corrected chi connectivity index (χ3v) is 4.93. The highest BCUT2D eigenvalue weighted by Crippen LogP contribution is 2.25. The highest BCUT2D eigenvalue weighted by atomic mass is 35.5. The minimum Gasteiger partial charge on any atom is -0.341 e. The average molecular weight is 417 g/mol. The molecule has 146 valence electrons. The first-order valence-corrected chi connectivity index (χ1v) is 9.29. The number of hydrogen-bond acceptors (Lipinski definition) is 8. The van der Waals surface area contributed by atoms with E-state index in [2.05, 4.69) is 20.7 Å². The van der Waals surface area contributed by atoms with Crippen LogP contribution < -0.4 is 15.5 Å². The van der Waals surface area contributed by atoms with Gasteiger partial charge in [0, 0.05) is 19.7 Å². The molecule has 1 unspecified atom stereocenters. The molecule has 0 aliphatic carbocycles. The molecule has 1 atom stereocenters. The van der Waals surface area contributed by atoms with E-state index in [1.54, 1.807) is 6.92 Å². The van der Waals surface area contributed by atoms with Crippen LogP contribution in [0, 0.1) is 0 Å². The van der Waals surface area contributed by atoms with Crippen LogP contribution in [0.25, 0.3) is 0 Å². The fourth-order valence-corrected chi connectivity index (χ4v) is 3.44. The molecule has 0 spiro atoms. The number of hydrazine groups is 1. The quantitative estimate of drug-likeness (QED) is 0.650. The zero-order valence-electron chi connectivity index (χ0n) is 14.6. The fourth-order valence-electron chi connectivity index (χ4n) is 2.02. The van der Waals surface area contributed by atoms with Gasteiger partial charge in [-0.15, -0.1) is 0 Å². The standard InChI is InChI=1S/C14H17ClN6O5S/c1-8-16-7-21(14(17-8)26-3)19-13(23)20-27(24,25)12-6-10(18-9(2)22)4-5-11(12)15/h4-7,14H,1-3H3,(H,18,22)(H2,19,20,23). The summed E-state index contributed by atoms with van der Waals surface area (Å²) in [6, 6.07) is 2.76. The van der Waals surface area contributed by atoms with Crippen molar-refractivity contribution >= 4 is 51.4 Å². The molecule has 13 heteroatoms. The van der Waals surface area contributed by atoms with Crippen molar-refractivity contribution < 1.29 is 22.7 Å². The van der Waals surface area contributed by atoms with Gasteiger partial charge < -0.3 is 10.1 Å². The zero-order valence-corrected chi connectivity index (χ0v) is 16.1. The highest BCUT2D eigenvalue weighted by molar-refractivity contribution is 7.90. The molecule has 3 amide bonds. The summed E-state index contributed by atoms with van der Waals surface area (Å²) in [4.78, 5) is 30.7. The van der Waals surface area contributed by atoms with E-state index in [0.717, 1.165) is 11.1 Å². The molecule has 0 radical (unpaired) electrons. The van der Waals surface area contributed by atoms with Crippen LogP contribution in [0.2, 0.25) is 5.02 Å². The second kappa shape index (κ2) is 8.33. The van der Waals surface area contributed by atoms with Gasteiger partial charge in [-0.3, -0.25) is 4.79 Å². The number of nitrogens with one attached hydrogen (secondary N) is 3. The van der Waals surface area contributed by atoms with Crippen LogP contribution in [0.5, 0.6) is 0 Å². The van der Waals surface area contributed by atoms with Crippen molar-refractivity contribution in [2.24, 2.45) is 9.98 Å². The number of nitrogens with zero attached hydrogens (tertiary/aromatic N) is 3. The number of carbonyl (C=O) groups is 2. The van der Waals surface area contributed by atoms with Gasteiger partial charge in [-0.05, 0) is 25.1 Å². The molecule has 27 heavy (non-hydrogen) atoms. The zero-order chi connectivity index (χ0) is 20.2. The molecule has 0 bridgehead atoms. The molecule has 1 aromatic rings. The normalized spacial score (nSPS) is 16.5. The number of ether oxygens (including phenoxy) is 1. The van der Waals surface area contributed by atoms with Gasteiger partial charge in [0.25, 0.3) is 10.0 Å². The molecule has 0 saturated heterocycles. The summed E-state index contributed by atoms with van der Waals surface area (Å²) >= 11 is 5.92. The minimum atomic E-state index is -4.33. The van der Waals surface area contributed by atoms with E-state index in [1.807, 2.05) is 4.72 Å². The van der Waals surface area contributed by atoms with Crippen LogP contribution in [-0.2, 0) is 19.6 Å². The van der Waals surface area contributed by atoms with E-state index in [0.29, 0.717) is 5.84 Å². The van der Waals surface area contributed by atoms with E-state index >= 15 is 0 Å². The van der Waals surface area contributed by atoms with Crippen LogP contribution >= 0.6 is 11.6 Å². The second-order valence-electron chi connectivity index (χ2n) is 5.26. The molecule has 3 N–H and O–H groups in total.